The molecule has 2 N–H and O–H groups in total. The van der Waals surface area contributed by atoms with Crippen LogP contribution in [0.3, 0.4) is 0 Å². The van der Waals surface area contributed by atoms with Crippen molar-refractivity contribution in [2.24, 2.45) is 11.8 Å². The van der Waals surface area contributed by atoms with Crippen molar-refractivity contribution in [1.29, 1.82) is 0 Å². The molecule has 4 rings (SSSR count). The normalized spacial score (nSPS) is 19.7. The molecule has 210 valence electrons. The fraction of sp³-hybridized carbons (Fsp3) is 0.571. The molecule has 0 amide bonds. The SMILES string of the molecule is Cc1ccc(S(=O)(=O)NC(OOC(NS(=O)(=O)c2ccc(C)cc2)C2CCCCC2)C2CCCCC2)cc1. The van der Waals surface area contributed by atoms with Crippen LogP contribution in [0.25, 0.3) is 0 Å². The topological polar surface area (TPSA) is 111 Å². The van der Waals surface area contributed by atoms with Crippen molar-refractivity contribution < 1.29 is 26.6 Å². The minimum Gasteiger partial charge on any atom is -0.215 e. The maximum absolute atomic E-state index is 13.2. The highest BCUT2D eigenvalue weighted by molar-refractivity contribution is 7.89. The Bertz CT molecular complexity index is 1140. The van der Waals surface area contributed by atoms with Gasteiger partial charge in [0, 0.05) is 11.8 Å². The molecule has 0 aromatic heterocycles. The van der Waals surface area contributed by atoms with E-state index in [1.807, 2.05) is 13.8 Å². The molecule has 2 aliphatic rings. The van der Waals surface area contributed by atoms with E-state index in [0.717, 1.165) is 75.3 Å². The quantitative estimate of drug-likeness (QED) is 0.217. The summed E-state index contributed by atoms with van der Waals surface area (Å²) in [5, 5.41) is 0. The molecule has 2 aromatic carbocycles. The smallest absolute Gasteiger partial charge is 0.215 e. The molecule has 38 heavy (non-hydrogen) atoms. The van der Waals surface area contributed by atoms with Gasteiger partial charge in [0.25, 0.3) is 0 Å². The zero-order chi connectivity index (χ0) is 27.2. The van der Waals surface area contributed by atoms with Gasteiger partial charge >= 0.3 is 0 Å². The molecule has 2 aromatic rings. The van der Waals surface area contributed by atoms with Gasteiger partial charge in [-0.2, -0.15) is 9.44 Å². The number of rotatable bonds is 11. The maximum Gasteiger partial charge on any atom is 0.242 e. The van der Waals surface area contributed by atoms with Crippen molar-refractivity contribution in [3.8, 4) is 0 Å². The Morgan fingerprint density at radius 1 is 0.579 bits per heavy atom. The van der Waals surface area contributed by atoms with E-state index in [0.29, 0.717) is 0 Å². The Hall–Kier alpha value is -1.82. The van der Waals surface area contributed by atoms with Crippen molar-refractivity contribution in [2.45, 2.75) is 100 Å². The predicted molar refractivity (Wildman–Crippen MR) is 146 cm³/mol. The van der Waals surface area contributed by atoms with E-state index in [-0.39, 0.29) is 21.6 Å². The number of hydrogen-bond donors (Lipinski definition) is 2. The molecule has 0 radical (unpaired) electrons. The molecule has 0 bridgehead atoms. The third kappa shape index (κ3) is 7.86. The lowest BCUT2D eigenvalue weighted by Crippen LogP contribution is -2.47. The number of nitrogens with one attached hydrogen (secondary N) is 2. The van der Waals surface area contributed by atoms with Crippen LogP contribution < -0.4 is 9.44 Å². The molecular formula is C28H40N2O6S2. The first kappa shape index (κ1) is 29.2. The molecule has 0 spiro atoms. The van der Waals surface area contributed by atoms with Crippen LogP contribution in [0, 0.1) is 25.7 Å². The van der Waals surface area contributed by atoms with Crippen LogP contribution in [0.4, 0.5) is 0 Å². The molecule has 2 unspecified atom stereocenters. The number of aryl methyl sites for hydroxylation is 2. The van der Waals surface area contributed by atoms with Crippen molar-refractivity contribution in [1.82, 2.24) is 9.44 Å². The van der Waals surface area contributed by atoms with E-state index in [1.165, 1.54) is 0 Å². The first-order valence-electron chi connectivity index (χ1n) is 13.6. The van der Waals surface area contributed by atoms with Crippen molar-refractivity contribution in [3.05, 3.63) is 59.7 Å². The molecular weight excluding hydrogens is 524 g/mol. The fourth-order valence-electron chi connectivity index (χ4n) is 5.26. The van der Waals surface area contributed by atoms with Crippen molar-refractivity contribution in [2.75, 3.05) is 0 Å². The minimum absolute atomic E-state index is 0.0790. The van der Waals surface area contributed by atoms with Crippen LogP contribution in [-0.4, -0.2) is 29.3 Å². The maximum atomic E-state index is 13.2. The second-order valence-corrected chi connectivity index (χ2v) is 14.1. The van der Waals surface area contributed by atoms with Gasteiger partial charge < -0.3 is 0 Å². The molecule has 0 aliphatic heterocycles. The number of benzene rings is 2. The van der Waals surface area contributed by atoms with Crippen LogP contribution in [0.1, 0.15) is 75.3 Å². The average molecular weight is 565 g/mol. The average Bonchev–Trinajstić information content (AvgIpc) is 2.91. The van der Waals surface area contributed by atoms with E-state index >= 15 is 0 Å². The number of hydrogen-bond acceptors (Lipinski definition) is 6. The Labute approximate surface area is 227 Å². The molecule has 0 saturated heterocycles. The van der Waals surface area contributed by atoms with Crippen LogP contribution in [0.5, 0.6) is 0 Å². The summed E-state index contributed by atoms with van der Waals surface area (Å²) in [5.41, 5.74) is 1.92. The molecule has 2 aliphatic carbocycles. The summed E-state index contributed by atoms with van der Waals surface area (Å²) in [5.74, 6) is -0.158. The molecule has 2 atom stereocenters. The van der Waals surface area contributed by atoms with Crippen LogP contribution in [0.15, 0.2) is 58.3 Å². The van der Waals surface area contributed by atoms with Gasteiger partial charge in [-0.3, -0.25) is 0 Å². The summed E-state index contributed by atoms with van der Waals surface area (Å²) < 4.78 is 58.3. The van der Waals surface area contributed by atoms with Crippen LogP contribution >= 0.6 is 0 Å². The van der Waals surface area contributed by atoms with E-state index in [4.69, 9.17) is 9.78 Å². The highest BCUT2D eigenvalue weighted by Crippen LogP contribution is 2.31. The zero-order valence-electron chi connectivity index (χ0n) is 22.3. The van der Waals surface area contributed by atoms with Crippen molar-refractivity contribution in [3.63, 3.8) is 0 Å². The lowest BCUT2D eigenvalue weighted by Gasteiger charge is -2.33. The highest BCUT2D eigenvalue weighted by atomic mass is 32.2. The van der Waals surface area contributed by atoms with Gasteiger partial charge in [0.15, 0.2) is 12.5 Å². The van der Waals surface area contributed by atoms with Crippen LogP contribution in [-0.2, 0) is 29.8 Å². The largest absolute Gasteiger partial charge is 0.242 e. The third-order valence-corrected chi connectivity index (χ3v) is 10.5. The predicted octanol–water partition coefficient (Wildman–Crippen LogP) is 5.32. The van der Waals surface area contributed by atoms with E-state index in [2.05, 4.69) is 9.44 Å². The Morgan fingerprint density at radius 3 is 1.21 bits per heavy atom. The van der Waals surface area contributed by atoms with Gasteiger partial charge in [0.2, 0.25) is 20.0 Å². The molecule has 8 nitrogen and oxygen atoms in total. The standard InChI is InChI=1S/C28H40N2O6S2/c1-21-13-17-25(18-14-21)37(31,32)29-27(23-9-5-3-6-10-23)35-36-28(24-11-7-4-8-12-24)30-38(33,34)26-19-15-22(2)16-20-26/h13-20,23-24,27-30H,3-12H2,1-2H3. The Kier molecular flexibility index (Phi) is 10.00. The first-order valence-corrected chi connectivity index (χ1v) is 16.6. The van der Waals surface area contributed by atoms with Gasteiger partial charge in [-0.15, -0.1) is 0 Å². The van der Waals surface area contributed by atoms with Gasteiger partial charge in [-0.05, 0) is 63.8 Å². The van der Waals surface area contributed by atoms with Crippen molar-refractivity contribution >= 4 is 20.0 Å². The summed E-state index contributed by atoms with van der Waals surface area (Å²) in [4.78, 5) is 12.0. The summed E-state index contributed by atoms with van der Waals surface area (Å²) in [6.45, 7) is 3.79. The molecule has 10 heteroatoms. The fourth-order valence-corrected chi connectivity index (χ4v) is 7.60. The summed E-state index contributed by atoms with van der Waals surface area (Å²) in [7, 11) is -7.75. The molecule has 2 saturated carbocycles. The minimum atomic E-state index is -3.87. The monoisotopic (exact) mass is 564 g/mol. The van der Waals surface area contributed by atoms with E-state index < -0.39 is 32.5 Å². The van der Waals surface area contributed by atoms with E-state index in [1.54, 1.807) is 48.5 Å². The number of sulfonamides is 2. The highest BCUT2D eigenvalue weighted by Gasteiger charge is 2.34. The lowest BCUT2D eigenvalue weighted by molar-refractivity contribution is -0.373. The summed E-state index contributed by atoms with van der Waals surface area (Å²) in [6, 6.07) is 13.3. The lowest BCUT2D eigenvalue weighted by atomic mass is 9.88. The second kappa shape index (κ2) is 13.0. The summed E-state index contributed by atoms with van der Waals surface area (Å²) >= 11 is 0. The molecule has 2 fully saturated rings. The first-order chi connectivity index (χ1) is 18.1. The van der Waals surface area contributed by atoms with Gasteiger partial charge in [0.1, 0.15) is 0 Å². The van der Waals surface area contributed by atoms with Gasteiger partial charge in [-0.25, -0.2) is 26.6 Å². The molecule has 0 heterocycles. The Morgan fingerprint density at radius 2 is 0.895 bits per heavy atom. The second-order valence-electron chi connectivity index (χ2n) is 10.7. The van der Waals surface area contributed by atoms with Crippen LogP contribution in [0.2, 0.25) is 0 Å². The Balaban J connectivity index is 1.54. The summed E-state index contributed by atoms with van der Waals surface area (Å²) in [6.07, 6.45) is 7.42. The van der Waals surface area contributed by atoms with E-state index in [9.17, 15) is 16.8 Å². The van der Waals surface area contributed by atoms with Gasteiger partial charge in [-0.1, -0.05) is 73.9 Å². The third-order valence-electron chi connectivity index (χ3n) is 7.62. The zero-order valence-corrected chi connectivity index (χ0v) is 23.9. The van der Waals surface area contributed by atoms with Gasteiger partial charge in [0.05, 0.1) is 9.79 Å².